The van der Waals surface area contributed by atoms with Crippen LogP contribution < -0.4 is 10.7 Å². The van der Waals surface area contributed by atoms with Crippen molar-refractivity contribution in [3.05, 3.63) is 81.5 Å². The summed E-state index contributed by atoms with van der Waals surface area (Å²) in [7, 11) is 0. The molecule has 7 heteroatoms. The molecule has 0 saturated carbocycles. The van der Waals surface area contributed by atoms with Gasteiger partial charge >= 0.3 is 0 Å². The Morgan fingerprint density at radius 1 is 1.10 bits per heavy atom. The third kappa shape index (κ3) is 4.31. The number of benzene rings is 1. The standard InChI is InChI=1S/C23H22N4O2S/c1-15-7-2-3-9-17(15)22(29)26-23-19(18-10-4-5-11-20(18)30-23)14-25-27-21(28)16-8-6-12-24-13-16/h2-3,6-9,12-14H,4-5,10-11H2,1H3,(H,26,29)(H,27,28). The molecule has 0 radical (unpaired) electrons. The number of hydrogen-bond donors (Lipinski definition) is 2. The second-order valence-electron chi connectivity index (χ2n) is 7.16. The first-order valence-electron chi connectivity index (χ1n) is 9.88. The van der Waals surface area contributed by atoms with Crippen LogP contribution in [-0.2, 0) is 12.8 Å². The molecule has 2 heterocycles. The molecule has 1 aliphatic carbocycles. The number of rotatable bonds is 5. The van der Waals surface area contributed by atoms with Crippen LogP contribution in [0.5, 0.6) is 0 Å². The summed E-state index contributed by atoms with van der Waals surface area (Å²) >= 11 is 1.60. The van der Waals surface area contributed by atoms with Gasteiger partial charge in [0, 0.05) is 28.4 Å². The number of nitrogens with zero attached hydrogens (tertiary/aromatic N) is 2. The maximum atomic E-state index is 12.8. The average Bonchev–Trinajstić information content (AvgIpc) is 3.11. The first kappa shape index (κ1) is 20.0. The van der Waals surface area contributed by atoms with E-state index in [1.165, 1.54) is 16.6 Å². The number of pyridine rings is 1. The molecule has 0 saturated heterocycles. The normalized spacial score (nSPS) is 13.1. The third-order valence-corrected chi connectivity index (χ3v) is 6.34. The minimum absolute atomic E-state index is 0.138. The van der Waals surface area contributed by atoms with E-state index in [0.29, 0.717) is 11.1 Å². The van der Waals surface area contributed by atoms with Crippen LogP contribution in [0.25, 0.3) is 0 Å². The Labute approximate surface area is 179 Å². The first-order valence-corrected chi connectivity index (χ1v) is 10.7. The third-order valence-electron chi connectivity index (χ3n) is 5.11. The van der Waals surface area contributed by atoms with E-state index in [1.54, 1.807) is 35.9 Å². The van der Waals surface area contributed by atoms with Gasteiger partial charge in [0.25, 0.3) is 11.8 Å². The number of carbonyl (C=O) groups excluding carboxylic acids is 2. The van der Waals surface area contributed by atoms with Gasteiger partial charge in [0.1, 0.15) is 5.00 Å². The van der Waals surface area contributed by atoms with Crippen molar-refractivity contribution in [2.75, 3.05) is 5.32 Å². The second-order valence-corrected chi connectivity index (χ2v) is 8.27. The fraction of sp³-hybridized carbons (Fsp3) is 0.217. The fourth-order valence-corrected chi connectivity index (χ4v) is 4.79. The Balaban J connectivity index is 1.57. The van der Waals surface area contributed by atoms with Crippen LogP contribution in [0.2, 0.25) is 0 Å². The summed E-state index contributed by atoms with van der Waals surface area (Å²) in [6, 6.07) is 10.9. The van der Waals surface area contributed by atoms with E-state index >= 15 is 0 Å². The summed E-state index contributed by atoms with van der Waals surface area (Å²) in [6.45, 7) is 1.92. The number of aryl methyl sites for hydroxylation is 2. The highest BCUT2D eigenvalue weighted by atomic mass is 32.1. The van der Waals surface area contributed by atoms with Crippen LogP contribution in [0, 0.1) is 6.92 Å². The van der Waals surface area contributed by atoms with Gasteiger partial charge < -0.3 is 5.32 Å². The van der Waals surface area contributed by atoms with Crippen LogP contribution >= 0.6 is 11.3 Å². The zero-order chi connectivity index (χ0) is 20.9. The molecular formula is C23H22N4O2S. The molecular weight excluding hydrogens is 396 g/mol. The van der Waals surface area contributed by atoms with E-state index in [4.69, 9.17) is 0 Å². The van der Waals surface area contributed by atoms with Crippen molar-refractivity contribution in [3.63, 3.8) is 0 Å². The number of nitrogens with one attached hydrogen (secondary N) is 2. The number of aromatic nitrogens is 1. The van der Waals surface area contributed by atoms with Gasteiger partial charge in [-0.25, -0.2) is 5.43 Å². The zero-order valence-corrected chi connectivity index (χ0v) is 17.5. The van der Waals surface area contributed by atoms with E-state index in [0.717, 1.165) is 41.8 Å². The number of hydrogen-bond acceptors (Lipinski definition) is 5. The van der Waals surface area contributed by atoms with Gasteiger partial charge in [-0.05, 0) is 61.9 Å². The molecule has 1 aromatic carbocycles. The summed E-state index contributed by atoms with van der Waals surface area (Å²) in [5.41, 5.74) is 6.66. The average molecular weight is 419 g/mol. The highest BCUT2D eigenvalue weighted by Crippen LogP contribution is 2.37. The van der Waals surface area contributed by atoms with Crippen LogP contribution in [-0.4, -0.2) is 23.0 Å². The van der Waals surface area contributed by atoms with E-state index < -0.39 is 0 Å². The zero-order valence-electron chi connectivity index (χ0n) is 16.6. The lowest BCUT2D eigenvalue weighted by Crippen LogP contribution is -2.18. The Kier molecular flexibility index (Phi) is 5.99. The first-order chi connectivity index (χ1) is 14.6. The van der Waals surface area contributed by atoms with Crippen molar-refractivity contribution in [2.45, 2.75) is 32.6 Å². The quantitative estimate of drug-likeness (QED) is 0.477. The van der Waals surface area contributed by atoms with Gasteiger partial charge in [-0.2, -0.15) is 5.10 Å². The molecule has 30 heavy (non-hydrogen) atoms. The molecule has 0 unspecified atom stereocenters. The predicted octanol–water partition coefficient (Wildman–Crippen LogP) is 4.35. The van der Waals surface area contributed by atoms with Crippen LogP contribution in [0.3, 0.4) is 0 Å². The van der Waals surface area contributed by atoms with Crippen molar-refractivity contribution < 1.29 is 9.59 Å². The van der Waals surface area contributed by atoms with Gasteiger partial charge in [-0.3, -0.25) is 14.6 Å². The summed E-state index contributed by atoms with van der Waals surface area (Å²) in [5, 5.41) is 7.99. The fourth-order valence-electron chi connectivity index (χ4n) is 3.53. The second kappa shape index (κ2) is 9.00. The van der Waals surface area contributed by atoms with E-state index in [9.17, 15) is 9.59 Å². The van der Waals surface area contributed by atoms with Gasteiger partial charge in [-0.1, -0.05) is 18.2 Å². The molecule has 0 aliphatic heterocycles. The van der Waals surface area contributed by atoms with Crippen molar-refractivity contribution in [3.8, 4) is 0 Å². The summed E-state index contributed by atoms with van der Waals surface area (Å²) in [4.78, 5) is 30.3. The predicted molar refractivity (Wildman–Crippen MR) is 119 cm³/mol. The summed E-state index contributed by atoms with van der Waals surface area (Å²) in [6.07, 6.45) is 8.95. The Hall–Kier alpha value is -3.32. The molecule has 0 fully saturated rings. The van der Waals surface area contributed by atoms with Crippen LogP contribution in [0.4, 0.5) is 5.00 Å². The summed E-state index contributed by atoms with van der Waals surface area (Å²) < 4.78 is 0. The lowest BCUT2D eigenvalue weighted by atomic mass is 9.96. The molecule has 0 bridgehead atoms. The Bertz CT molecular complexity index is 1110. The van der Waals surface area contributed by atoms with Gasteiger partial charge in [-0.15, -0.1) is 11.3 Å². The van der Waals surface area contributed by atoms with Crippen molar-refractivity contribution in [2.24, 2.45) is 5.10 Å². The molecule has 152 valence electrons. The molecule has 2 amide bonds. The van der Waals surface area contributed by atoms with Crippen molar-refractivity contribution in [1.82, 2.24) is 10.4 Å². The molecule has 2 N–H and O–H groups in total. The van der Waals surface area contributed by atoms with Gasteiger partial charge in [0.2, 0.25) is 0 Å². The van der Waals surface area contributed by atoms with Crippen LogP contribution in [0.15, 0.2) is 53.9 Å². The molecule has 4 rings (SSSR count). The monoisotopic (exact) mass is 418 g/mol. The topological polar surface area (TPSA) is 83.5 Å². The van der Waals surface area contributed by atoms with Crippen LogP contribution in [0.1, 0.15) is 55.1 Å². The van der Waals surface area contributed by atoms with E-state index in [2.05, 4.69) is 20.8 Å². The van der Waals surface area contributed by atoms with E-state index in [-0.39, 0.29) is 11.8 Å². The summed E-state index contributed by atoms with van der Waals surface area (Å²) in [5.74, 6) is -0.463. The highest BCUT2D eigenvalue weighted by Gasteiger charge is 2.21. The van der Waals surface area contributed by atoms with Crippen molar-refractivity contribution in [1.29, 1.82) is 0 Å². The minimum Gasteiger partial charge on any atom is -0.313 e. The van der Waals surface area contributed by atoms with Crippen molar-refractivity contribution >= 4 is 34.4 Å². The highest BCUT2D eigenvalue weighted by molar-refractivity contribution is 7.17. The maximum Gasteiger partial charge on any atom is 0.272 e. The number of hydrazone groups is 1. The minimum atomic E-state index is -0.325. The Morgan fingerprint density at radius 3 is 2.73 bits per heavy atom. The molecule has 3 aromatic rings. The molecule has 6 nitrogen and oxygen atoms in total. The molecule has 2 aromatic heterocycles. The largest absolute Gasteiger partial charge is 0.313 e. The molecule has 1 aliphatic rings. The number of amides is 2. The SMILES string of the molecule is Cc1ccccc1C(=O)Nc1sc2c(c1C=NNC(=O)c1cccnc1)CCCC2. The van der Waals surface area contributed by atoms with E-state index in [1.807, 2.05) is 31.2 Å². The number of thiophene rings is 1. The number of fused-ring (bicyclic) bond motifs is 1. The van der Waals surface area contributed by atoms with Gasteiger partial charge in [0.05, 0.1) is 11.8 Å². The smallest absolute Gasteiger partial charge is 0.272 e. The maximum absolute atomic E-state index is 12.8. The van der Waals surface area contributed by atoms with Gasteiger partial charge in [0.15, 0.2) is 0 Å². The lowest BCUT2D eigenvalue weighted by Gasteiger charge is -2.11. The number of carbonyl (C=O) groups is 2. The number of anilines is 1. The molecule has 0 spiro atoms. The Morgan fingerprint density at radius 2 is 1.93 bits per heavy atom. The lowest BCUT2D eigenvalue weighted by molar-refractivity contribution is 0.0953. The molecule has 0 atom stereocenters.